The van der Waals surface area contributed by atoms with Gasteiger partial charge in [-0.05, 0) is 45.0 Å². The molecule has 0 unspecified atom stereocenters. The Morgan fingerprint density at radius 2 is 2.19 bits per heavy atom. The Hall–Kier alpha value is -1.66. The van der Waals surface area contributed by atoms with E-state index in [1.54, 1.807) is 12.1 Å². The van der Waals surface area contributed by atoms with Crippen molar-refractivity contribution in [1.29, 1.82) is 0 Å². The van der Waals surface area contributed by atoms with Crippen LogP contribution >= 0.6 is 0 Å². The average molecular weight is 293 g/mol. The molecule has 1 N–H and O–H groups in total. The van der Waals surface area contributed by atoms with Crippen LogP contribution in [0.5, 0.6) is 5.75 Å². The zero-order valence-corrected chi connectivity index (χ0v) is 12.7. The van der Waals surface area contributed by atoms with Crippen LogP contribution in [0.3, 0.4) is 0 Å². The van der Waals surface area contributed by atoms with Crippen LogP contribution in [0.15, 0.2) is 18.2 Å². The number of nitrogens with one attached hydrogen (secondary N) is 1. The van der Waals surface area contributed by atoms with E-state index in [-0.39, 0.29) is 10.6 Å². The van der Waals surface area contributed by atoms with E-state index in [4.69, 9.17) is 4.74 Å². The Kier molecular flexibility index (Phi) is 5.52. The van der Waals surface area contributed by atoms with Crippen molar-refractivity contribution in [1.82, 2.24) is 10.2 Å². The first kappa shape index (κ1) is 15.7. The second-order valence-electron chi connectivity index (χ2n) is 5.72. The van der Waals surface area contributed by atoms with Gasteiger partial charge in [0.15, 0.2) is 5.75 Å². The highest BCUT2D eigenvalue weighted by molar-refractivity contribution is 5.48. The summed E-state index contributed by atoms with van der Waals surface area (Å²) in [4.78, 5) is 12.7. The highest BCUT2D eigenvalue weighted by Crippen LogP contribution is 2.28. The van der Waals surface area contributed by atoms with Crippen molar-refractivity contribution < 1.29 is 9.66 Å². The quantitative estimate of drug-likeness (QED) is 0.429. The molecule has 0 spiro atoms. The number of nitro groups is 1. The lowest BCUT2D eigenvalue weighted by atomic mass is 10.2. The molecule has 21 heavy (non-hydrogen) atoms. The fourth-order valence-electron chi connectivity index (χ4n) is 2.05. The number of ether oxygens (including phenoxy) is 1. The van der Waals surface area contributed by atoms with Crippen molar-refractivity contribution in [3.63, 3.8) is 0 Å². The van der Waals surface area contributed by atoms with E-state index >= 15 is 0 Å². The summed E-state index contributed by atoms with van der Waals surface area (Å²) in [5.74, 6) is 0.369. The zero-order valence-electron chi connectivity index (χ0n) is 12.7. The van der Waals surface area contributed by atoms with Gasteiger partial charge in [0.25, 0.3) is 0 Å². The van der Waals surface area contributed by atoms with Gasteiger partial charge in [-0.25, -0.2) is 0 Å². The minimum atomic E-state index is -0.390. The number of benzene rings is 1. The highest BCUT2D eigenvalue weighted by atomic mass is 16.6. The van der Waals surface area contributed by atoms with Gasteiger partial charge in [-0.1, -0.05) is 6.07 Å². The van der Waals surface area contributed by atoms with Crippen LogP contribution in [-0.4, -0.2) is 43.1 Å². The average Bonchev–Trinajstić information content (AvgIpc) is 3.25. The second kappa shape index (κ2) is 7.38. The van der Waals surface area contributed by atoms with Crippen LogP contribution in [0.2, 0.25) is 0 Å². The van der Waals surface area contributed by atoms with Gasteiger partial charge in [0.2, 0.25) is 0 Å². The summed E-state index contributed by atoms with van der Waals surface area (Å²) < 4.78 is 5.62. The van der Waals surface area contributed by atoms with E-state index in [9.17, 15) is 10.1 Å². The van der Waals surface area contributed by atoms with Gasteiger partial charge in [-0.2, -0.15) is 0 Å². The van der Waals surface area contributed by atoms with Crippen molar-refractivity contribution >= 4 is 5.69 Å². The molecule has 116 valence electrons. The number of hydrogen-bond acceptors (Lipinski definition) is 5. The van der Waals surface area contributed by atoms with Crippen LogP contribution < -0.4 is 10.1 Å². The SMILES string of the molecule is CN(C)CCCOc1cc(CNC2CC2)ccc1[N+](=O)[O-]. The maximum absolute atomic E-state index is 11.1. The highest BCUT2D eigenvalue weighted by Gasteiger charge is 2.21. The molecule has 0 atom stereocenters. The van der Waals surface area contributed by atoms with Crippen LogP contribution in [0, 0.1) is 10.1 Å². The van der Waals surface area contributed by atoms with E-state index in [2.05, 4.69) is 10.2 Å². The van der Waals surface area contributed by atoms with E-state index in [0.29, 0.717) is 18.4 Å². The third-order valence-corrected chi connectivity index (χ3v) is 3.40. The third kappa shape index (κ3) is 5.32. The molecule has 1 aromatic rings. The maximum atomic E-state index is 11.1. The van der Waals surface area contributed by atoms with Gasteiger partial charge in [0.1, 0.15) is 0 Å². The van der Waals surface area contributed by atoms with Gasteiger partial charge >= 0.3 is 5.69 Å². The first-order valence-electron chi connectivity index (χ1n) is 7.34. The summed E-state index contributed by atoms with van der Waals surface area (Å²) in [5.41, 5.74) is 1.06. The van der Waals surface area contributed by atoms with Crippen molar-refractivity contribution in [2.45, 2.75) is 31.8 Å². The first-order valence-corrected chi connectivity index (χ1v) is 7.34. The molecule has 1 fully saturated rings. The van der Waals surface area contributed by atoms with E-state index in [1.807, 2.05) is 14.1 Å². The van der Waals surface area contributed by atoms with Crippen molar-refractivity contribution in [3.8, 4) is 5.75 Å². The lowest BCUT2D eigenvalue weighted by Crippen LogP contribution is -2.16. The van der Waals surface area contributed by atoms with Crippen molar-refractivity contribution in [3.05, 3.63) is 33.9 Å². The largest absolute Gasteiger partial charge is 0.487 e. The minimum absolute atomic E-state index is 0.0371. The number of nitrogens with zero attached hydrogens (tertiary/aromatic N) is 2. The molecule has 6 heteroatoms. The molecule has 0 heterocycles. The van der Waals surface area contributed by atoms with Crippen molar-refractivity contribution in [2.75, 3.05) is 27.2 Å². The molecule has 2 rings (SSSR count). The monoisotopic (exact) mass is 293 g/mol. The fraction of sp³-hybridized carbons (Fsp3) is 0.600. The summed E-state index contributed by atoms with van der Waals surface area (Å²) >= 11 is 0. The predicted molar refractivity (Wildman–Crippen MR) is 81.6 cm³/mol. The molecule has 0 aromatic heterocycles. The van der Waals surface area contributed by atoms with Crippen LogP contribution in [0.25, 0.3) is 0 Å². The summed E-state index contributed by atoms with van der Waals surface area (Å²) in [6, 6.07) is 5.72. The van der Waals surface area contributed by atoms with Gasteiger partial charge in [0.05, 0.1) is 11.5 Å². The predicted octanol–water partition coefficient (Wildman–Crippen LogP) is 2.18. The maximum Gasteiger partial charge on any atom is 0.310 e. The molecule has 1 aliphatic carbocycles. The Bertz CT molecular complexity index is 487. The van der Waals surface area contributed by atoms with Gasteiger partial charge < -0.3 is 15.0 Å². The number of rotatable bonds is 9. The number of nitro benzene ring substituents is 1. The van der Waals surface area contributed by atoms with Gasteiger partial charge in [-0.15, -0.1) is 0 Å². The summed E-state index contributed by atoms with van der Waals surface area (Å²) in [6.45, 7) is 2.12. The lowest BCUT2D eigenvalue weighted by molar-refractivity contribution is -0.385. The standard InChI is InChI=1S/C15H23N3O3/c1-17(2)8-3-9-21-15-10-12(11-16-13-5-6-13)4-7-14(15)18(19)20/h4,7,10,13,16H,3,5-6,8-9,11H2,1-2H3. The fourth-order valence-corrected chi connectivity index (χ4v) is 2.05. The molecule has 1 saturated carbocycles. The normalized spacial score (nSPS) is 14.4. The molecule has 1 aromatic carbocycles. The summed E-state index contributed by atoms with van der Waals surface area (Å²) in [6.07, 6.45) is 3.29. The Balaban J connectivity index is 1.95. The summed E-state index contributed by atoms with van der Waals surface area (Å²) in [5, 5.41) is 14.5. The Morgan fingerprint density at radius 3 is 2.81 bits per heavy atom. The molecular weight excluding hydrogens is 270 g/mol. The van der Waals surface area contributed by atoms with Crippen LogP contribution in [0.1, 0.15) is 24.8 Å². The molecule has 0 saturated heterocycles. The molecule has 6 nitrogen and oxygen atoms in total. The molecule has 0 radical (unpaired) electrons. The topological polar surface area (TPSA) is 67.6 Å². The molecule has 0 bridgehead atoms. The molecule has 1 aliphatic rings. The smallest absolute Gasteiger partial charge is 0.310 e. The van der Waals surface area contributed by atoms with E-state index in [0.717, 1.165) is 25.1 Å². The van der Waals surface area contributed by atoms with Crippen LogP contribution in [-0.2, 0) is 6.54 Å². The van der Waals surface area contributed by atoms with Crippen LogP contribution in [0.4, 0.5) is 5.69 Å². The third-order valence-electron chi connectivity index (χ3n) is 3.40. The van der Waals surface area contributed by atoms with Crippen molar-refractivity contribution in [2.24, 2.45) is 0 Å². The van der Waals surface area contributed by atoms with Gasteiger partial charge in [0, 0.05) is 25.2 Å². The Labute approximate surface area is 125 Å². The van der Waals surface area contributed by atoms with E-state index < -0.39 is 0 Å². The summed E-state index contributed by atoms with van der Waals surface area (Å²) in [7, 11) is 3.99. The Morgan fingerprint density at radius 1 is 1.43 bits per heavy atom. The second-order valence-corrected chi connectivity index (χ2v) is 5.72. The molecule has 0 amide bonds. The first-order chi connectivity index (χ1) is 10.1. The molecule has 0 aliphatic heterocycles. The zero-order chi connectivity index (χ0) is 15.2. The molecular formula is C15H23N3O3. The van der Waals surface area contributed by atoms with Gasteiger partial charge in [-0.3, -0.25) is 10.1 Å². The number of hydrogen-bond donors (Lipinski definition) is 1. The van der Waals surface area contributed by atoms with E-state index in [1.165, 1.54) is 18.9 Å². The minimum Gasteiger partial charge on any atom is -0.487 e. The lowest BCUT2D eigenvalue weighted by Gasteiger charge is -2.11.